The molecule has 1 fully saturated rings. The molecular formula is C34H36N2O4S. The van der Waals surface area contributed by atoms with Gasteiger partial charge in [-0.2, -0.15) is 0 Å². The van der Waals surface area contributed by atoms with Crippen molar-refractivity contribution in [2.24, 2.45) is 0 Å². The van der Waals surface area contributed by atoms with Crippen molar-refractivity contribution in [3.8, 4) is 11.1 Å². The normalized spacial score (nSPS) is 18.5. The molecule has 1 heterocycles. The zero-order valence-electron chi connectivity index (χ0n) is 23.2. The van der Waals surface area contributed by atoms with Crippen LogP contribution in [0.15, 0.2) is 108 Å². The number of benzene rings is 4. The van der Waals surface area contributed by atoms with E-state index < -0.39 is 6.29 Å². The van der Waals surface area contributed by atoms with E-state index in [0.717, 1.165) is 45.6 Å². The summed E-state index contributed by atoms with van der Waals surface area (Å²) in [5.41, 5.74) is 6.09. The fourth-order valence-electron chi connectivity index (χ4n) is 4.90. The summed E-state index contributed by atoms with van der Waals surface area (Å²) in [6.45, 7) is 2.94. The minimum absolute atomic E-state index is 0.00205. The van der Waals surface area contributed by atoms with Crippen molar-refractivity contribution in [3.63, 3.8) is 0 Å². The van der Waals surface area contributed by atoms with Crippen LogP contribution < -0.4 is 10.6 Å². The van der Waals surface area contributed by atoms with Gasteiger partial charge in [-0.25, -0.2) is 4.79 Å². The second kappa shape index (κ2) is 14.3. The van der Waals surface area contributed by atoms with E-state index in [4.69, 9.17) is 9.47 Å². The van der Waals surface area contributed by atoms with Crippen LogP contribution in [0.5, 0.6) is 0 Å². The van der Waals surface area contributed by atoms with Gasteiger partial charge < -0.3 is 25.2 Å². The summed E-state index contributed by atoms with van der Waals surface area (Å²) in [5.74, 6) is 0.819. The maximum absolute atomic E-state index is 11.9. The molecule has 3 unspecified atom stereocenters. The standard InChI is InChI=1S/C34H36N2O4S/c1-2-35-34(38)36-21-28-8-6-7-11-31(28)25-16-18-27(19-17-25)33-39-29(23-41-30-9-4-3-5-10-30)20-32(40-33)26-14-12-24(22-37)13-15-26/h3-19,29,32-33,37H,2,20-23H2,1H3,(H2,35,36,38). The summed E-state index contributed by atoms with van der Waals surface area (Å²) in [7, 11) is 0. The molecule has 0 spiro atoms. The number of aliphatic hydroxyl groups is 1. The third-order valence-electron chi connectivity index (χ3n) is 7.08. The zero-order valence-corrected chi connectivity index (χ0v) is 24.0. The molecule has 5 rings (SSSR count). The Morgan fingerprint density at radius 3 is 2.29 bits per heavy atom. The van der Waals surface area contributed by atoms with Gasteiger partial charge in [-0.3, -0.25) is 0 Å². The Balaban J connectivity index is 1.33. The number of hydrogen-bond acceptors (Lipinski definition) is 5. The van der Waals surface area contributed by atoms with Gasteiger partial charge in [0.05, 0.1) is 18.8 Å². The van der Waals surface area contributed by atoms with Gasteiger partial charge in [-0.1, -0.05) is 91.0 Å². The summed E-state index contributed by atoms with van der Waals surface area (Å²) in [6.07, 6.45) is 0.126. The van der Waals surface area contributed by atoms with Crippen molar-refractivity contribution in [2.45, 2.75) is 49.9 Å². The number of rotatable bonds is 10. The summed E-state index contributed by atoms with van der Waals surface area (Å²) >= 11 is 1.79. The average Bonchev–Trinajstić information content (AvgIpc) is 3.03. The second-order valence-electron chi connectivity index (χ2n) is 9.97. The molecule has 0 aromatic heterocycles. The molecule has 0 aliphatic carbocycles. The molecule has 0 radical (unpaired) electrons. The molecule has 1 aliphatic rings. The van der Waals surface area contributed by atoms with Gasteiger partial charge >= 0.3 is 6.03 Å². The van der Waals surface area contributed by atoms with Crippen LogP contribution in [0.3, 0.4) is 0 Å². The highest BCUT2D eigenvalue weighted by Gasteiger charge is 2.32. The Hall–Kier alpha value is -3.62. The molecule has 0 bridgehead atoms. The molecule has 4 aromatic rings. The summed E-state index contributed by atoms with van der Waals surface area (Å²) in [6, 6.07) is 34.6. The Labute approximate surface area is 246 Å². The van der Waals surface area contributed by atoms with Crippen LogP contribution in [0, 0.1) is 0 Å². The van der Waals surface area contributed by atoms with Crippen molar-refractivity contribution >= 4 is 17.8 Å². The SMILES string of the molecule is CCNC(=O)NCc1ccccc1-c1ccc(C2OC(CSc3ccccc3)CC(c3ccc(CO)cc3)O2)cc1. The molecule has 6 nitrogen and oxygen atoms in total. The van der Waals surface area contributed by atoms with Crippen LogP contribution in [0.1, 0.15) is 48.0 Å². The van der Waals surface area contributed by atoms with Crippen LogP contribution in [0.4, 0.5) is 4.79 Å². The van der Waals surface area contributed by atoms with Crippen LogP contribution >= 0.6 is 11.8 Å². The third kappa shape index (κ3) is 7.77. The Bertz CT molecular complexity index is 1400. The lowest BCUT2D eigenvalue weighted by atomic mass is 9.98. The quantitative estimate of drug-likeness (QED) is 0.180. The number of carbonyl (C=O) groups excluding carboxylic acids is 1. The first-order valence-corrected chi connectivity index (χ1v) is 15.0. The lowest BCUT2D eigenvalue weighted by Crippen LogP contribution is -2.34. The maximum Gasteiger partial charge on any atom is 0.315 e. The number of hydrogen-bond donors (Lipinski definition) is 3. The molecule has 0 saturated carbocycles. The largest absolute Gasteiger partial charge is 0.392 e. The van der Waals surface area contributed by atoms with E-state index in [-0.39, 0.29) is 24.8 Å². The molecular weight excluding hydrogens is 532 g/mol. The summed E-state index contributed by atoms with van der Waals surface area (Å²) < 4.78 is 13.0. The highest BCUT2D eigenvalue weighted by molar-refractivity contribution is 7.99. The van der Waals surface area contributed by atoms with Gasteiger partial charge in [-0.15, -0.1) is 11.8 Å². The van der Waals surface area contributed by atoms with Crippen molar-refractivity contribution in [2.75, 3.05) is 12.3 Å². The third-order valence-corrected chi connectivity index (χ3v) is 8.23. The van der Waals surface area contributed by atoms with Gasteiger partial charge in [0, 0.05) is 35.7 Å². The topological polar surface area (TPSA) is 79.8 Å². The van der Waals surface area contributed by atoms with Crippen molar-refractivity contribution < 1.29 is 19.4 Å². The minimum atomic E-state index is -0.503. The van der Waals surface area contributed by atoms with Crippen LogP contribution in [-0.2, 0) is 22.6 Å². The highest BCUT2D eigenvalue weighted by Crippen LogP contribution is 2.40. The number of urea groups is 1. The van der Waals surface area contributed by atoms with Gasteiger partial charge in [0.15, 0.2) is 6.29 Å². The predicted octanol–water partition coefficient (Wildman–Crippen LogP) is 7.00. The van der Waals surface area contributed by atoms with E-state index in [0.29, 0.717) is 13.1 Å². The van der Waals surface area contributed by atoms with E-state index in [1.807, 2.05) is 55.5 Å². The number of nitrogens with one attached hydrogen (secondary N) is 2. The lowest BCUT2D eigenvalue weighted by Gasteiger charge is -2.36. The first-order valence-electron chi connectivity index (χ1n) is 14.0. The van der Waals surface area contributed by atoms with E-state index in [1.54, 1.807) is 11.8 Å². The van der Waals surface area contributed by atoms with Crippen LogP contribution in [0.25, 0.3) is 11.1 Å². The molecule has 3 N–H and O–H groups in total. The van der Waals surface area contributed by atoms with Gasteiger partial charge in [0.25, 0.3) is 0 Å². The van der Waals surface area contributed by atoms with E-state index >= 15 is 0 Å². The fourth-order valence-corrected chi connectivity index (χ4v) is 5.85. The first kappa shape index (κ1) is 28.9. The van der Waals surface area contributed by atoms with Crippen molar-refractivity contribution in [3.05, 3.63) is 125 Å². The highest BCUT2D eigenvalue weighted by atomic mass is 32.2. The fraction of sp³-hybridized carbons (Fsp3) is 0.265. The van der Waals surface area contributed by atoms with Gasteiger partial charge in [0.2, 0.25) is 0 Å². The minimum Gasteiger partial charge on any atom is -0.392 e. The number of thioether (sulfide) groups is 1. The van der Waals surface area contributed by atoms with Crippen molar-refractivity contribution in [1.29, 1.82) is 0 Å². The smallest absolute Gasteiger partial charge is 0.315 e. The number of amides is 2. The number of carbonyl (C=O) groups is 1. The van der Waals surface area contributed by atoms with Crippen molar-refractivity contribution in [1.82, 2.24) is 10.6 Å². The zero-order chi connectivity index (χ0) is 28.4. The molecule has 41 heavy (non-hydrogen) atoms. The van der Waals surface area contributed by atoms with Gasteiger partial charge in [-0.05, 0) is 46.9 Å². The van der Waals surface area contributed by atoms with Gasteiger partial charge in [0.1, 0.15) is 0 Å². The number of ether oxygens (including phenoxy) is 2. The predicted molar refractivity (Wildman–Crippen MR) is 163 cm³/mol. The van der Waals surface area contributed by atoms with E-state index in [1.165, 1.54) is 4.90 Å². The molecule has 3 atom stereocenters. The molecule has 1 aliphatic heterocycles. The molecule has 1 saturated heterocycles. The second-order valence-corrected chi connectivity index (χ2v) is 11.1. The lowest BCUT2D eigenvalue weighted by molar-refractivity contribution is -0.245. The molecule has 4 aromatic carbocycles. The Kier molecular flexibility index (Phi) is 10.1. The summed E-state index contributed by atoms with van der Waals surface area (Å²) in [5, 5.41) is 15.2. The Morgan fingerprint density at radius 2 is 1.56 bits per heavy atom. The monoisotopic (exact) mass is 568 g/mol. The van der Waals surface area contributed by atoms with E-state index in [2.05, 4.69) is 65.2 Å². The maximum atomic E-state index is 11.9. The van der Waals surface area contributed by atoms with Crippen LogP contribution in [0.2, 0.25) is 0 Å². The van der Waals surface area contributed by atoms with Crippen LogP contribution in [-0.4, -0.2) is 29.5 Å². The molecule has 212 valence electrons. The molecule has 7 heteroatoms. The average molecular weight is 569 g/mol. The van der Waals surface area contributed by atoms with E-state index in [9.17, 15) is 9.90 Å². The first-order chi connectivity index (χ1) is 20.1. The Morgan fingerprint density at radius 1 is 0.854 bits per heavy atom. The molecule has 2 amide bonds. The summed E-state index contributed by atoms with van der Waals surface area (Å²) in [4.78, 5) is 13.2. The number of aliphatic hydroxyl groups excluding tert-OH is 1.